The second-order valence-corrected chi connectivity index (χ2v) is 9.55. The fraction of sp³-hybridized carbons (Fsp3) is 0.474. The molecule has 6 nitrogen and oxygen atoms in total. The Morgan fingerprint density at radius 1 is 1.19 bits per heavy atom. The van der Waals surface area contributed by atoms with E-state index in [1.54, 1.807) is 10.7 Å². The van der Waals surface area contributed by atoms with Gasteiger partial charge in [-0.05, 0) is 62.3 Å². The standard InChI is InChI=1S/C19H23N3O3S/c1-13-10-18(22(21-13)17-8-9-26(24,25)12-17)20-19(23)16-7-6-14-4-2-3-5-15(14)11-16/h6-7,10-11,17H,2-5,8-9,12H2,1H3,(H,20,23). The van der Waals surface area contributed by atoms with Crippen LogP contribution in [-0.4, -0.2) is 35.6 Å². The van der Waals surface area contributed by atoms with E-state index >= 15 is 0 Å². The summed E-state index contributed by atoms with van der Waals surface area (Å²) >= 11 is 0. The van der Waals surface area contributed by atoms with Crippen LogP contribution in [0.4, 0.5) is 5.82 Å². The van der Waals surface area contributed by atoms with Crippen LogP contribution < -0.4 is 5.32 Å². The second-order valence-electron chi connectivity index (χ2n) is 7.32. The summed E-state index contributed by atoms with van der Waals surface area (Å²) in [6.45, 7) is 1.84. The SMILES string of the molecule is Cc1cc(NC(=O)c2ccc3c(c2)CCCC3)n(C2CCS(=O)(=O)C2)n1. The number of fused-ring (bicyclic) bond motifs is 1. The lowest BCUT2D eigenvalue weighted by Crippen LogP contribution is -2.20. The van der Waals surface area contributed by atoms with Crippen LogP contribution in [0.1, 0.15) is 52.5 Å². The zero-order valence-electron chi connectivity index (χ0n) is 14.9. The average molecular weight is 373 g/mol. The molecule has 1 N–H and O–H groups in total. The highest BCUT2D eigenvalue weighted by Crippen LogP contribution is 2.28. The number of nitrogens with zero attached hydrogens (tertiary/aromatic N) is 2. The van der Waals surface area contributed by atoms with E-state index in [1.165, 1.54) is 24.0 Å². The quantitative estimate of drug-likeness (QED) is 0.897. The van der Waals surface area contributed by atoms with Gasteiger partial charge < -0.3 is 5.32 Å². The molecule has 1 amide bonds. The highest BCUT2D eigenvalue weighted by atomic mass is 32.2. The van der Waals surface area contributed by atoms with Gasteiger partial charge in [0, 0.05) is 11.6 Å². The summed E-state index contributed by atoms with van der Waals surface area (Å²) in [5.74, 6) is 0.637. The maximum atomic E-state index is 12.7. The molecule has 1 saturated heterocycles. The molecule has 2 aliphatic rings. The number of hydrogen-bond acceptors (Lipinski definition) is 4. The third-order valence-electron chi connectivity index (χ3n) is 5.26. The van der Waals surface area contributed by atoms with Gasteiger partial charge in [-0.25, -0.2) is 13.1 Å². The smallest absolute Gasteiger partial charge is 0.256 e. The number of rotatable bonds is 3. The Bertz CT molecular complexity index is 962. The van der Waals surface area contributed by atoms with Crippen molar-refractivity contribution in [1.82, 2.24) is 9.78 Å². The summed E-state index contributed by atoms with van der Waals surface area (Å²) in [5.41, 5.74) is 3.99. The van der Waals surface area contributed by atoms with Gasteiger partial charge in [0.05, 0.1) is 23.2 Å². The van der Waals surface area contributed by atoms with Crippen LogP contribution in [0, 0.1) is 6.92 Å². The second kappa shape index (κ2) is 6.54. The van der Waals surface area contributed by atoms with Crippen LogP contribution in [0.15, 0.2) is 24.3 Å². The normalized spacial score (nSPS) is 21.3. The van der Waals surface area contributed by atoms with Gasteiger partial charge in [0.1, 0.15) is 5.82 Å². The van der Waals surface area contributed by atoms with E-state index in [4.69, 9.17) is 0 Å². The number of aryl methyl sites for hydroxylation is 3. The van der Waals surface area contributed by atoms with E-state index in [2.05, 4.69) is 16.5 Å². The number of sulfone groups is 1. The van der Waals surface area contributed by atoms with Crippen LogP contribution in [0.2, 0.25) is 0 Å². The fourth-order valence-electron chi connectivity index (χ4n) is 3.92. The molecule has 26 heavy (non-hydrogen) atoms. The minimum atomic E-state index is -3.02. The summed E-state index contributed by atoms with van der Waals surface area (Å²) in [6.07, 6.45) is 5.01. The number of carbonyl (C=O) groups is 1. The molecule has 2 heterocycles. The molecule has 1 atom stereocenters. The van der Waals surface area contributed by atoms with Crippen LogP contribution in [0.3, 0.4) is 0 Å². The Labute approximate surface area is 153 Å². The Morgan fingerprint density at radius 2 is 1.96 bits per heavy atom. The largest absolute Gasteiger partial charge is 0.307 e. The third-order valence-corrected chi connectivity index (χ3v) is 7.01. The van der Waals surface area contributed by atoms with Crippen LogP contribution in [0.5, 0.6) is 0 Å². The Balaban J connectivity index is 1.57. The first-order chi connectivity index (χ1) is 12.4. The molecule has 1 aromatic carbocycles. The number of aromatic nitrogens is 2. The average Bonchev–Trinajstić information content (AvgIpc) is 3.16. The summed E-state index contributed by atoms with van der Waals surface area (Å²) in [4.78, 5) is 12.7. The molecule has 2 aromatic rings. The van der Waals surface area contributed by atoms with Crippen LogP contribution in [0.25, 0.3) is 0 Å². The molecular weight excluding hydrogens is 350 g/mol. The zero-order chi connectivity index (χ0) is 18.3. The first-order valence-corrected chi connectivity index (χ1v) is 10.9. The molecule has 7 heteroatoms. The molecule has 1 unspecified atom stereocenters. The molecule has 4 rings (SSSR count). The molecule has 1 aliphatic carbocycles. The predicted molar refractivity (Wildman–Crippen MR) is 100 cm³/mol. The Hall–Kier alpha value is -2.15. The first-order valence-electron chi connectivity index (χ1n) is 9.11. The van der Waals surface area contributed by atoms with Gasteiger partial charge in [-0.15, -0.1) is 0 Å². The van der Waals surface area contributed by atoms with Gasteiger partial charge in [-0.3, -0.25) is 4.79 Å². The lowest BCUT2D eigenvalue weighted by atomic mass is 9.90. The van der Waals surface area contributed by atoms with E-state index in [0.29, 0.717) is 17.8 Å². The highest BCUT2D eigenvalue weighted by Gasteiger charge is 2.31. The van der Waals surface area contributed by atoms with Gasteiger partial charge in [-0.2, -0.15) is 5.10 Å². The van der Waals surface area contributed by atoms with Crippen LogP contribution >= 0.6 is 0 Å². The molecular formula is C19H23N3O3S. The molecule has 138 valence electrons. The summed E-state index contributed by atoms with van der Waals surface area (Å²) in [6, 6.07) is 7.48. The number of amides is 1. The molecule has 1 aliphatic heterocycles. The van der Waals surface area contributed by atoms with Crippen molar-refractivity contribution in [2.45, 2.75) is 45.1 Å². The predicted octanol–water partition coefficient (Wildman–Crippen LogP) is 2.68. The monoisotopic (exact) mass is 373 g/mol. The summed E-state index contributed by atoms with van der Waals surface area (Å²) in [5, 5.41) is 7.34. The topological polar surface area (TPSA) is 81.1 Å². The maximum Gasteiger partial charge on any atom is 0.256 e. The van der Waals surface area contributed by atoms with Crippen molar-refractivity contribution in [3.05, 3.63) is 46.6 Å². The van der Waals surface area contributed by atoms with Crippen LogP contribution in [-0.2, 0) is 22.7 Å². The van der Waals surface area contributed by atoms with Crippen molar-refractivity contribution in [1.29, 1.82) is 0 Å². The van der Waals surface area contributed by atoms with Crippen molar-refractivity contribution in [2.24, 2.45) is 0 Å². The molecule has 1 fully saturated rings. The van der Waals surface area contributed by atoms with E-state index in [-0.39, 0.29) is 23.5 Å². The zero-order valence-corrected chi connectivity index (χ0v) is 15.7. The van der Waals surface area contributed by atoms with Crippen molar-refractivity contribution in [2.75, 3.05) is 16.8 Å². The lowest BCUT2D eigenvalue weighted by molar-refractivity contribution is 0.102. The number of nitrogens with one attached hydrogen (secondary N) is 1. The number of hydrogen-bond donors (Lipinski definition) is 1. The molecule has 0 spiro atoms. The first kappa shape index (κ1) is 17.3. The molecule has 0 bridgehead atoms. The van der Waals surface area contributed by atoms with Gasteiger partial charge in [0.25, 0.3) is 5.91 Å². The minimum absolute atomic E-state index is 0.0792. The third kappa shape index (κ3) is 3.40. The lowest BCUT2D eigenvalue weighted by Gasteiger charge is -2.17. The van der Waals surface area contributed by atoms with Crippen molar-refractivity contribution >= 4 is 21.6 Å². The molecule has 1 aromatic heterocycles. The highest BCUT2D eigenvalue weighted by molar-refractivity contribution is 7.91. The fourth-order valence-corrected chi connectivity index (χ4v) is 5.61. The van der Waals surface area contributed by atoms with E-state index in [0.717, 1.165) is 18.5 Å². The number of benzene rings is 1. The van der Waals surface area contributed by atoms with Gasteiger partial charge in [0.15, 0.2) is 9.84 Å². The van der Waals surface area contributed by atoms with Gasteiger partial charge >= 0.3 is 0 Å². The number of carbonyl (C=O) groups excluding carboxylic acids is 1. The molecule has 0 radical (unpaired) electrons. The Kier molecular flexibility index (Phi) is 4.34. The van der Waals surface area contributed by atoms with Gasteiger partial charge in [-0.1, -0.05) is 6.07 Å². The number of anilines is 1. The van der Waals surface area contributed by atoms with Gasteiger partial charge in [0.2, 0.25) is 0 Å². The summed E-state index contributed by atoms with van der Waals surface area (Å²) < 4.78 is 25.2. The van der Waals surface area contributed by atoms with E-state index in [9.17, 15) is 13.2 Å². The van der Waals surface area contributed by atoms with Crippen molar-refractivity contribution in [3.63, 3.8) is 0 Å². The molecule has 0 saturated carbocycles. The van der Waals surface area contributed by atoms with E-state index < -0.39 is 9.84 Å². The minimum Gasteiger partial charge on any atom is -0.307 e. The maximum absolute atomic E-state index is 12.7. The summed E-state index contributed by atoms with van der Waals surface area (Å²) in [7, 11) is -3.02. The van der Waals surface area contributed by atoms with E-state index in [1.807, 2.05) is 19.1 Å². The van der Waals surface area contributed by atoms with Crippen molar-refractivity contribution in [3.8, 4) is 0 Å². The van der Waals surface area contributed by atoms with Crippen molar-refractivity contribution < 1.29 is 13.2 Å². The Morgan fingerprint density at radius 3 is 2.69 bits per heavy atom.